The number of halogens is 2. The predicted octanol–water partition coefficient (Wildman–Crippen LogP) is 4.28. The molecule has 0 heterocycles. The Morgan fingerprint density at radius 3 is 2.74 bits per heavy atom. The van der Waals surface area contributed by atoms with Crippen LogP contribution in [0.2, 0.25) is 5.02 Å². The van der Waals surface area contributed by atoms with E-state index in [1.165, 1.54) is 6.07 Å². The monoisotopic (exact) mass is 279 g/mol. The molecule has 0 saturated carbocycles. The third-order valence-electron chi connectivity index (χ3n) is 2.69. The number of benzene rings is 2. The van der Waals surface area contributed by atoms with E-state index < -0.39 is 0 Å². The molecule has 19 heavy (non-hydrogen) atoms. The Bertz CT molecular complexity index is 560. The second-order valence-corrected chi connectivity index (χ2v) is 4.57. The van der Waals surface area contributed by atoms with Crippen LogP contribution >= 0.6 is 11.6 Å². The summed E-state index contributed by atoms with van der Waals surface area (Å²) in [7, 11) is 0. The van der Waals surface area contributed by atoms with Crippen LogP contribution < -0.4 is 10.1 Å². The number of rotatable bonds is 5. The van der Waals surface area contributed by atoms with Gasteiger partial charge in [-0.1, -0.05) is 23.7 Å². The summed E-state index contributed by atoms with van der Waals surface area (Å²) in [4.78, 5) is 0. The van der Waals surface area contributed by atoms with Crippen molar-refractivity contribution >= 4 is 17.3 Å². The SMILES string of the molecule is Cc1cc(OCCNc2ccccc2F)ccc1Cl. The lowest BCUT2D eigenvalue weighted by atomic mass is 10.2. The maximum Gasteiger partial charge on any atom is 0.146 e. The summed E-state index contributed by atoms with van der Waals surface area (Å²) < 4.78 is 18.9. The van der Waals surface area contributed by atoms with E-state index in [1.54, 1.807) is 24.3 Å². The second-order valence-electron chi connectivity index (χ2n) is 4.17. The van der Waals surface area contributed by atoms with E-state index in [1.807, 2.05) is 19.1 Å². The molecule has 0 aliphatic heterocycles. The fourth-order valence-corrected chi connectivity index (χ4v) is 1.78. The van der Waals surface area contributed by atoms with Gasteiger partial charge >= 0.3 is 0 Å². The molecule has 2 rings (SSSR count). The van der Waals surface area contributed by atoms with Crippen molar-refractivity contribution in [3.63, 3.8) is 0 Å². The van der Waals surface area contributed by atoms with Gasteiger partial charge in [0, 0.05) is 11.6 Å². The number of anilines is 1. The Morgan fingerprint density at radius 1 is 1.21 bits per heavy atom. The van der Waals surface area contributed by atoms with Crippen molar-refractivity contribution in [2.24, 2.45) is 0 Å². The first-order valence-electron chi connectivity index (χ1n) is 6.04. The van der Waals surface area contributed by atoms with Gasteiger partial charge < -0.3 is 10.1 Å². The highest BCUT2D eigenvalue weighted by atomic mass is 35.5. The van der Waals surface area contributed by atoms with Crippen LogP contribution in [0.4, 0.5) is 10.1 Å². The molecule has 2 nitrogen and oxygen atoms in total. The molecule has 0 aromatic heterocycles. The first-order valence-corrected chi connectivity index (χ1v) is 6.42. The smallest absolute Gasteiger partial charge is 0.146 e. The summed E-state index contributed by atoms with van der Waals surface area (Å²) in [6.07, 6.45) is 0. The number of hydrogen-bond donors (Lipinski definition) is 1. The molecular formula is C15H15ClFNO. The van der Waals surface area contributed by atoms with Gasteiger partial charge in [0.15, 0.2) is 0 Å². The van der Waals surface area contributed by atoms with Gasteiger partial charge in [-0.3, -0.25) is 0 Å². The first-order chi connectivity index (χ1) is 9.16. The minimum Gasteiger partial charge on any atom is -0.492 e. The molecule has 100 valence electrons. The minimum absolute atomic E-state index is 0.259. The third-order valence-corrected chi connectivity index (χ3v) is 3.11. The predicted molar refractivity (Wildman–Crippen MR) is 76.6 cm³/mol. The van der Waals surface area contributed by atoms with Crippen LogP contribution in [0.25, 0.3) is 0 Å². The molecule has 0 fully saturated rings. The lowest BCUT2D eigenvalue weighted by molar-refractivity contribution is 0.332. The molecule has 2 aromatic carbocycles. The maximum absolute atomic E-state index is 13.3. The Labute approximate surface area is 117 Å². The molecule has 0 atom stereocenters. The zero-order valence-corrected chi connectivity index (χ0v) is 11.4. The quantitative estimate of drug-likeness (QED) is 0.825. The highest BCUT2D eigenvalue weighted by Gasteiger charge is 2.00. The molecule has 0 amide bonds. The fourth-order valence-electron chi connectivity index (χ4n) is 1.67. The molecule has 0 bridgehead atoms. The first kappa shape index (κ1) is 13.7. The second kappa shape index (κ2) is 6.43. The average Bonchev–Trinajstić information content (AvgIpc) is 2.40. The van der Waals surface area contributed by atoms with E-state index >= 15 is 0 Å². The van der Waals surface area contributed by atoms with Crippen LogP contribution in [0.15, 0.2) is 42.5 Å². The van der Waals surface area contributed by atoms with Crippen molar-refractivity contribution in [1.29, 1.82) is 0 Å². The summed E-state index contributed by atoms with van der Waals surface area (Å²) in [5.41, 5.74) is 1.46. The van der Waals surface area contributed by atoms with Gasteiger partial charge in [0.25, 0.3) is 0 Å². The van der Waals surface area contributed by atoms with E-state index in [9.17, 15) is 4.39 Å². The van der Waals surface area contributed by atoms with Gasteiger partial charge in [-0.25, -0.2) is 4.39 Å². The molecule has 1 N–H and O–H groups in total. The number of nitrogens with one attached hydrogen (secondary N) is 1. The van der Waals surface area contributed by atoms with E-state index in [0.29, 0.717) is 18.8 Å². The van der Waals surface area contributed by atoms with E-state index in [4.69, 9.17) is 16.3 Å². The van der Waals surface area contributed by atoms with Crippen molar-refractivity contribution in [3.8, 4) is 5.75 Å². The largest absolute Gasteiger partial charge is 0.492 e. The standard InChI is InChI=1S/C15H15ClFNO/c1-11-10-12(6-7-13(11)16)19-9-8-18-15-5-3-2-4-14(15)17/h2-7,10,18H,8-9H2,1H3. The summed E-state index contributed by atoms with van der Waals surface area (Å²) in [5.74, 6) is 0.502. The summed E-state index contributed by atoms with van der Waals surface area (Å²) in [6.45, 7) is 2.91. The van der Waals surface area contributed by atoms with Crippen LogP contribution in [0.3, 0.4) is 0 Å². The highest BCUT2D eigenvalue weighted by molar-refractivity contribution is 6.31. The molecule has 0 unspecified atom stereocenters. The molecule has 0 aliphatic carbocycles. The molecule has 0 saturated heterocycles. The molecule has 4 heteroatoms. The number of ether oxygens (including phenoxy) is 1. The summed E-state index contributed by atoms with van der Waals surface area (Å²) >= 11 is 5.93. The van der Waals surface area contributed by atoms with Crippen molar-refractivity contribution in [1.82, 2.24) is 0 Å². The van der Waals surface area contributed by atoms with Gasteiger partial charge in [-0.2, -0.15) is 0 Å². The van der Waals surface area contributed by atoms with E-state index in [0.717, 1.165) is 16.3 Å². The summed E-state index contributed by atoms with van der Waals surface area (Å²) in [5, 5.41) is 3.70. The number of hydrogen-bond acceptors (Lipinski definition) is 2. The van der Waals surface area contributed by atoms with Crippen molar-refractivity contribution in [3.05, 3.63) is 58.9 Å². The van der Waals surface area contributed by atoms with Gasteiger partial charge in [0.05, 0.1) is 5.69 Å². The van der Waals surface area contributed by atoms with Gasteiger partial charge in [0.1, 0.15) is 18.2 Å². The molecular weight excluding hydrogens is 265 g/mol. The highest BCUT2D eigenvalue weighted by Crippen LogP contribution is 2.21. The van der Waals surface area contributed by atoms with E-state index in [2.05, 4.69) is 5.32 Å². The van der Waals surface area contributed by atoms with Gasteiger partial charge in [-0.15, -0.1) is 0 Å². The Balaban J connectivity index is 1.81. The Hall–Kier alpha value is -1.74. The zero-order chi connectivity index (χ0) is 13.7. The van der Waals surface area contributed by atoms with Crippen molar-refractivity contribution in [2.75, 3.05) is 18.5 Å². The van der Waals surface area contributed by atoms with Crippen LogP contribution in [0, 0.1) is 12.7 Å². The zero-order valence-electron chi connectivity index (χ0n) is 10.6. The normalized spacial score (nSPS) is 10.3. The third kappa shape index (κ3) is 3.86. The van der Waals surface area contributed by atoms with Crippen molar-refractivity contribution in [2.45, 2.75) is 6.92 Å². The summed E-state index contributed by atoms with van der Waals surface area (Å²) in [6, 6.07) is 12.1. The lowest BCUT2D eigenvalue weighted by Gasteiger charge is -2.10. The number of aryl methyl sites for hydroxylation is 1. The average molecular weight is 280 g/mol. The maximum atomic E-state index is 13.3. The fraction of sp³-hybridized carbons (Fsp3) is 0.200. The molecule has 0 radical (unpaired) electrons. The van der Waals surface area contributed by atoms with Crippen LogP contribution in [0.5, 0.6) is 5.75 Å². The lowest BCUT2D eigenvalue weighted by Crippen LogP contribution is -2.12. The van der Waals surface area contributed by atoms with Gasteiger partial charge in [-0.05, 0) is 42.8 Å². The Morgan fingerprint density at radius 2 is 2.00 bits per heavy atom. The van der Waals surface area contributed by atoms with Crippen LogP contribution in [0.1, 0.15) is 5.56 Å². The topological polar surface area (TPSA) is 21.3 Å². The van der Waals surface area contributed by atoms with Crippen LogP contribution in [-0.2, 0) is 0 Å². The molecule has 0 aliphatic rings. The minimum atomic E-state index is -0.259. The van der Waals surface area contributed by atoms with Crippen LogP contribution in [-0.4, -0.2) is 13.2 Å². The molecule has 2 aromatic rings. The van der Waals surface area contributed by atoms with E-state index in [-0.39, 0.29) is 5.82 Å². The molecule has 0 spiro atoms. The van der Waals surface area contributed by atoms with Gasteiger partial charge in [0.2, 0.25) is 0 Å². The number of para-hydroxylation sites is 1. The van der Waals surface area contributed by atoms with Crippen molar-refractivity contribution < 1.29 is 9.13 Å². The Kier molecular flexibility index (Phi) is 4.63.